The largest absolute Gasteiger partial charge is 0.493 e. The molecule has 0 spiro atoms. The molecule has 1 aliphatic rings. The minimum Gasteiger partial charge on any atom is -0.493 e. The smallest absolute Gasteiger partial charge is 0.273 e. The number of nitrogens with two attached hydrogens (primary N) is 1. The summed E-state index contributed by atoms with van der Waals surface area (Å²) in [5.41, 5.74) is 6.67. The first-order chi connectivity index (χ1) is 16.4. The lowest BCUT2D eigenvalue weighted by Gasteiger charge is -2.15. The highest BCUT2D eigenvalue weighted by Crippen LogP contribution is 2.35. The summed E-state index contributed by atoms with van der Waals surface area (Å²) < 4.78 is 49.6. The van der Waals surface area contributed by atoms with Crippen molar-refractivity contribution in [2.24, 2.45) is 5.73 Å². The number of oxazole rings is 1. The van der Waals surface area contributed by atoms with E-state index in [1.54, 1.807) is 32.2 Å². The van der Waals surface area contributed by atoms with Crippen LogP contribution < -0.4 is 20.5 Å². The van der Waals surface area contributed by atoms with E-state index in [0.717, 1.165) is 18.6 Å². The van der Waals surface area contributed by atoms with Gasteiger partial charge in [-0.05, 0) is 31.2 Å². The van der Waals surface area contributed by atoms with Crippen LogP contribution >= 0.6 is 0 Å². The molecule has 2 atom stereocenters. The molecule has 0 bridgehead atoms. The Kier molecular flexibility index (Phi) is 7.09. The average Bonchev–Trinajstić information content (AvgIpc) is 3.48. The van der Waals surface area contributed by atoms with Gasteiger partial charge in [0.05, 0.1) is 26.4 Å². The molecule has 4 rings (SSSR count). The van der Waals surface area contributed by atoms with Crippen LogP contribution in [-0.2, 0) is 11.3 Å². The van der Waals surface area contributed by atoms with E-state index in [0.29, 0.717) is 30.3 Å². The minimum atomic E-state index is -0.757. The number of rotatable bonds is 8. The van der Waals surface area contributed by atoms with Crippen molar-refractivity contribution < 1.29 is 32.2 Å². The second kappa shape index (κ2) is 10.2. The molecule has 0 aliphatic carbocycles. The Morgan fingerprint density at radius 2 is 2.09 bits per heavy atom. The fraction of sp³-hybridized carbons (Fsp3) is 0.333. The lowest BCUT2D eigenvalue weighted by Crippen LogP contribution is -2.25. The molecule has 0 radical (unpaired) electrons. The number of carbonyl (C=O) groups excluding carboxylic acids is 1. The number of halogens is 2. The molecule has 3 aromatic rings. The van der Waals surface area contributed by atoms with E-state index in [9.17, 15) is 13.6 Å². The number of hydrogen-bond donors (Lipinski definition) is 2. The standard InChI is InChI=1S/C24H25F2N3O5/c1-13(27)22-21(23(30)28-11-15-3-5-16(25)10-18(15)26)29-24(34-22)14-4-6-19(31-2)20(9-14)33-17-7-8-32-12-17/h3-6,9-10,13,17H,7-8,11-12,27H2,1-2H3,(H,28,30)/t13-,17?/m0/s1. The molecule has 1 fully saturated rings. The van der Waals surface area contributed by atoms with Crippen LogP contribution in [0.25, 0.3) is 11.5 Å². The van der Waals surface area contributed by atoms with Gasteiger partial charge in [0.1, 0.15) is 17.7 Å². The number of nitrogens with one attached hydrogen (secondary N) is 1. The maximum Gasteiger partial charge on any atom is 0.273 e. The zero-order chi connectivity index (χ0) is 24.2. The SMILES string of the molecule is COc1ccc(-c2nc(C(=O)NCc3ccc(F)cc3F)c([C@H](C)N)o2)cc1OC1CCOC1. The number of amides is 1. The summed E-state index contributed by atoms with van der Waals surface area (Å²) in [7, 11) is 1.54. The second-order valence-corrected chi connectivity index (χ2v) is 7.91. The van der Waals surface area contributed by atoms with Crippen molar-refractivity contribution in [1.29, 1.82) is 0 Å². The molecule has 180 valence electrons. The third kappa shape index (κ3) is 5.18. The van der Waals surface area contributed by atoms with Gasteiger partial charge in [-0.25, -0.2) is 13.8 Å². The van der Waals surface area contributed by atoms with Crippen molar-refractivity contribution in [3.63, 3.8) is 0 Å². The summed E-state index contributed by atoms with van der Waals surface area (Å²) in [6.07, 6.45) is 0.668. The molecule has 1 aliphatic heterocycles. The Bertz CT molecular complexity index is 1180. The minimum absolute atomic E-state index is 0.0185. The molecule has 1 unspecified atom stereocenters. The predicted molar refractivity (Wildman–Crippen MR) is 118 cm³/mol. The van der Waals surface area contributed by atoms with Gasteiger partial charge in [-0.1, -0.05) is 6.07 Å². The average molecular weight is 473 g/mol. The van der Waals surface area contributed by atoms with Crippen LogP contribution in [0.15, 0.2) is 40.8 Å². The van der Waals surface area contributed by atoms with Crippen molar-refractivity contribution in [2.45, 2.75) is 32.0 Å². The summed E-state index contributed by atoms with van der Waals surface area (Å²) in [5.74, 6) is -0.680. The zero-order valence-electron chi connectivity index (χ0n) is 18.8. The molecular weight excluding hydrogens is 448 g/mol. The van der Waals surface area contributed by atoms with E-state index in [4.69, 9.17) is 24.4 Å². The predicted octanol–water partition coefficient (Wildman–Crippen LogP) is 3.75. The summed E-state index contributed by atoms with van der Waals surface area (Å²) in [6, 6.07) is 7.66. The van der Waals surface area contributed by atoms with Gasteiger partial charge in [-0.2, -0.15) is 0 Å². The molecule has 3 N–H and O–H groups in total. The molecule has 2 aromatic carbocycles. The van der Waals surface area contributed by atoms with Crippen molar-refractivity contribution >= 4 is 5.91 Å². The maximum atomic E-state index is 13.9. The Hall–Kier alpha value is -3.50. The van der Waals surface area contributed by atoms with Crippen molar-refractivity contribution in [1.82, 2.24) is 10.3 Å². The van der Waals surface area contributed by atoms with E-state index in [1.807, 2.05) is 0 Å². The maximum absolute atomic E-state index is 13.9. The third-order valence-electron chi connectivity index (χ3n) is 5.33. The second-order valence-electron chi connectivity index (χ2n) is 7.91. The van der Waals surface area contributed by atoms with Gasteiger partial charge in [0.15, 0.2) is 23.0 Å². The molecule has 2 heterocycles. The van der Waals surface area contributed by atoms with E-state index < -0.39 is 23.6 Å². The summed E-state index contributed by atoms with van der Waals surface area (Å²) in [4.78, 5) is 17.2. The monoisotopic (exact) mass is 473 g/mol. The van der Waals surface area contributed by atoms with E-state index in [-0.39, 0.29) is 35.6 Å². The van der Waals surface area contributed by atoms with Crippen LogP contribution in [0.2, 0.25) is 0 Å². The highest BCUT2D eigenvalue weighted by molar-refractivity contribution is 5.94. The van der Waals surface area contributed by atoms with Gasteiger partial charge in [-0.15, -0.1) is 0 Å². The molecule has 8 nitrogen and oxygen atoms in total. The molecular formula is C24H25F2N3O5. The van der Waals surface area contributed by atoms with Crippen LogP contribution in [0.3, 0.4) is 0 Å². The number of methoxy groups -OCH3 is 1. The molecule has 0 saturated carbocycles. The van der Waals surface area contributed by atoms with E-state index >= 15 is 0 Å². The number of ether oxygens (including phenoxy) is 3. The highest BCUT2D eigenvalue weighted by atomic mass is 19.1. The third-order valence-corrected chi connectivity index (χ3v) is 5.33. The first-order valence-electron chi connectivity index (χ1n) is 10.8. The number of aromatic nitrogens is 1. The van der Waals surface area contributed by atoms with Gasteiger partial charge in [0.25, 0.3) is 5.91 Å². The zero-order valence-corrected chi connectivity index (χ0v) is 18.8. The van der Waals surface area contributed by atoms with Gasteiger partial charge >= 0.3 is 0 Å². The molecule has 10 heteroatoms. The fourth-order valence-corrected chi connectivity index (χ4v) is 3.54. The fourth-order valence-electron chi connectivity index (χ4n) is 3.54. The normalized spacial score (nSPS) is 16.3. The summed E-state index contributed by atoms with van der Waals surface area (Å²) >= 11 is 0. The first-order valence-corrected chi connectivity index (χ1v) is 10.8. The van der Waals surface area contributed by atoms with Crippen molar-refractivity contribution in [3.05, 3.63) is 65.1 Å². The van der Waals surface area contributed by atoms with Gasteiger partial charge < -0.3 is 29.7 Å². The summed E-state index contributed by atoms with van der Waals surface area (Å²) in [5, 5.41) is 2.58. The van der Waals surface area contributed by atoms with Crippen LogP contribution in [-0.4, -0.2) is 37.3 Å². The summed E-state index contributed by atoms with van der Waals surface area (Å²) in [6.45, 7) is 2.61. The quantitative estimate of drug-likeness (QED) is 0.513. The van der Waals surface area contributed by atoms with Crippen LogP contribution in [0.5, 0.6) is 11.5 Å². The van der Waals surface area contributed by atoms with Gasteiger partial charge in [0.2, 0.25) is 5.89 Å². The van der Waals surface area contributed by atoms with Gasteiger partial charge in [-0.3, -0.25) is 4.79 Å². The number of nitrogens with zero attached hydrogens (tertiary/aromatic N) is 1. The topological polar surface area (TPSA) is 109 Å². The first kappa shape index (κ1) is 23.7. The Balaban J connectivity index is 1.58. The van der Waals surface area contributed by atoms with Crippen LogP contribution in [0, 0.1) is 11.6 Å². The molecule has 1 amide bonds. The molecule has 34 heavy (non-hydrogen) atoms. The highest BCUT2D eigenvalue weighted by Gasteiger charge is 2.25. The van der Waals surface area contributed by atoms with E-state index in [1.165, 1.54) is 6.07 Å². The number of carbonyl (C=O) groups is 1. The Morgan fingerprint density at radius 3 is 2.76 bits per heavy atom. The molecule has 1 aromatic heterocycles. The van der Waals surface area contributed by atoms with Crippen molar-refractivity contribution in [2.75, 3.05) is 20.3 Å². The molecule has 1 saturated heterocycles. The van der Waals surface area contributed by atoms with Gasteiger partial charge in [0, 0.05) is 30.2 Å². The number of hydrogen-bond acceptors (Lipinski definition) is 7. The van der Waals surface area contributed by atoms with Crippen LogP contribution in [0.1, 0.15) is 41.2 Å². The van der Waals surface area contributed by atoms with Crippen LogP contribution in [0.4, 0.5) is 8.78 Å². The van der Waals surface area contributed by atoms with Crippen molar-refractivity contribution in [3.8, 4) is 23.0 Å². The number of benzene rings is 2. The Morgan fingerprint density at radius 1 is 1.26 bits per heavy atom. The van der Waals surface area contributed by atoms with E-state index in [2.05, 4.69) is 10.3 Å². The lowest BCUT2D eigenvalue weighted by molar-refractivity contribution is 0.0943. The lowest BCUT2D eigenvalue weighted by atomic mass is 10.2. The Labute approximate surface area is 195 Å².